The van der Waals surface area contributed by atoms with Crippen LogP contribution in [0.1, 0.15) is 16.7 Å². The van der Waals surface area contributed by atoms with Crippen molar-refractivity contribution in [1.29, 1.82) is 0 Å². The number of rotatable bonds is 3. The predicted octanol–water partition coefficient (Wildman–Crippen LogP) is 4.64. The van der Waals surface area contributed by atoms with E-state index in [4.69, 9.17) is 20.8 Å². The summed E-state index contributed by atoms with van der Waals surface area (Å²) in [5.74, 6) is 0.705. The lowest BCUT2D eigenvalue weighted by molar-refractivity contribution is 0.304. The van der Waals surface area contributed by atoms with Gasteiger partial charge in [0.15, 0.2) is 0 Å². The second-order valence-electron chi connectivity index (χ2n) is 5.23. The molecule has 0 unspecified atom stereocenters. The Morgan fingerprint density at radius 2 is 1.82 bits per heavy atom. The first-order valence-electron chi connectivity index (χ1n) is 6.96. The van der Waals surface area contributed by atoms with Crippen molar-refractivity contribution in [2.75, 3.05) is 0 Å². The highest BCUT2D eigenvalue weighted by molar-refractivity contribution is 6.30. The second kappa shape index (κ2) is 5.85. The molecule has 0 aliphatic rings. The molecule has 0 amide bonds. The van der Waals surface area contributed by atoms with Crippen molar-refractivity contribution in [3.63, 3.8) is 0 Å². The van der Waals surface area contributed by atoms with E-state index < -0.39 is 0 Å². The van der Waals surface area contributed by atoms with Gasteiger partial charge in [-0.2, -0.15) is 0 Å². The molecule has 0 N–H and O–H groups in total. The number of fused-ring (bicyclic) bond motifs is 1. The lowest BCUT2D eigenvalue weighted by Gasteiger charge is -2.11. The van der Waals surface area contributed by atoms with Crippen LogP contribution in [0.2, 0.25) is 5.02 Å². The van der Waals surface area contributed by atoms with Gasteiger partial charge in [-0.1, -0.05) is 23.7 Å². The van der Waals surface area contributed by atoms with Gasteiger partial charge in [0.2, 0.25) is 0 Å². The van der Waals surface area contributed by atoms with Crippen molar-refractivity contribution in [3.8, 4) is 5.75 Å². The number of halogens is 1. The summed E-state index contributed by atoms with van der Waals surface area (Å²) < 4.78 is 11.2. The molecule has 22 heavy (non-hydrogen) atoms. The fourth-order valence-electron chi connectivity index (χ4n) is 2.40. The van der Waals surface area contributed by atoms with Crippen LogP contribution in [0.25, 0.3) is 11.0 Å². The van der Waals surface area contributed by atoms with Crippen LogP contribution >= 0.6 is 11.6 Å². The first-order valence-corrected chi connectivity index (χ1v) is 7.34. The summed E-state index contributed by atoms with van der Waals surface area (Å²) in [6.07, 6.45) is 0. The van der Waals surface area contributed by atoms with E-state index in [2.05, 4.69) is 0 Å². The Kier molecular flexibility index (Phi) is 3.90. The van der Waals surface area contributed by atoms with Gasteiger partial charge in [-0.05, 0) is 49.2 Å². The summed E-state index contributed by atoms with van der Waals surface area (Å²) in [5.41, 5.74) is 2.99. The Labute approximate surface area is 133 Å². The molecule has 0 fully saturated rings. The van der Waals surface area contributed by atoms with Crippen molar-refractivity contribution >= 4 is 22.6 Å². The van der Waals surface area contributed by atoms with E-state index in [-0.39, 0.29) is 5.63 Å². The van der Waals surface area contributed by atoms with Crippen LogP contribution in [0.4, 0.5) is 0 Å². The minimum absolute atomic E-state index is 0.344. The maximum atomic E-state index is 11.6. The first kappa shape index (κ1) is 14.7. The van der Waals surface area contributed by atoms with Gasteiger partial charge in [-0.15, -0.1) is 0 Å². The number of ether oxygens (including phenoxy) is 1. The fourth-order valence-corrected chi connectivity index (χ4v) is 2.52. The molecular weight excluding hydrogens is 300 g/mol. The van der Waals surface area contributed by atoms with Gasteiger partial charge < -0.3 is 9.15 Å². The van der Waals surface area contributed by atoms with E-state index in [1.807, 2.05) is 50.2 Å². The zero-order valence-corrected chi connectivity index (χ0v) is 13.1. The topological polar surface area (TPSA) is 39.4 Å². The molecule has 0 saturated heterocycles. The molecule has 0 aliphatic carbocycles. The van der Waals surface area contributed by atoms with Crippen LogP contribution in [0.5, 0.6) is 5.75 Å². The van der Waals surface area contributed by atoms with Crippen molar-refractivity contribution < 1.29 is 9.15 Å². The van der Waals surface area contributed by atoms with Gasteiger partial charge in [0.05, 0.1) is 0 Å². The highest BCUT2D eigenvalue weighted by atomic mass is 35.5. The van der Waals surface area contributed by atoms with E-state index in [0.717, 1.165) is 22.1 Å². The summed E-state index contributed by atoms with van der Waals surface area (Å²) in [7, 11) is 0. The summed E-state index contributed by atoms with van der Waals surface area (Å²) >= 11 is 5.87. The third kappa shape index (κ3) is 2.85. The van der Waals surface area contributed by atoms with Crippen LogP contribution in [0.3, 0.4) is 0 Å². The Morgan fingerprint density at radius 1 is 1.09 bits per heavy atom. The quantitative estimate of drug-likeness (QED) is 0.661. The molecule has 0 spiro atoms. The van der Waals surface area contributed by atoms with Gasteiger partial charge in [-0.25, -0.2) is 4.79 Å². The van der Waals surface area contributed by atoms with Crippen molar-refractivity contribution in [1.82, 2.24) is 0 Å². The number of aryl methyl sites for hydroxylation is 2. The van der Waals surface area contributed by atoms with Crippen LogP contribution in [0.15, 0.2) is 51.7 Å². The van der Waals surface area contributed by atoms with E-state index in [9.17, 15) is 4.79 Å². The summed E-state index contributed by atoms with van der Waals surface area (Å²) in [6, 6.07) is 12.8. The molecule has 3 nitrogen and oxygen atoms in total. The molecule has 1 heterocycles. The third-order valence-corrected chi connectivity index (χ3v) is 3.88. The molecule has 1 aromatic heterocycles. The molecule has 4 heteroatoms. The molecule has 3 aromatic rings. The van der Waals surface area contributed by atoms with E-state index in [1.54, 1.807) is 0 Å². The minimum atomic E-state index is -0.344. The van der Waals surface area contributed by atoms with Crippen LogP contribution in [-0.2, 0) is 6.61 Å². The zero-order valence-electron chi connectivity index (χ0n) is 12.4. The molecule has 2 aromatic carbocycles. The summed E-state index contributed by atoms with van der Waals surface area (Å²) in [5, 5.41) is 1.62. The summed E-state index contributed by atoms with van der Waals surface area (Å²) in [4.78, 5) is 11.6. The van der Waals surface area contributed by atoms with Gasteiger partial charge in [0.1, 0.15) is 17.9 Å². The van der Waals surface area contributed by atoms with Crippen LogP contribution in [-0.4, -0.2) is 0 Å². The Balaban J connectivity index is 1.93. The molecule has 3 rings (SSSR count). The molecule has 0 bridgehead atoms. The highest BCUT2D eigenvalue weighted by Crippen LogP contribution is 2.28. The fraction of sp³-hybridized carbons (Fsp3) is 0.167. The van der Waals surface area contributed by atoms with E-state index in [1.165, 1.54) is 6.07 Å². The maximum Gasteiger partial charge on any atom is 0.336 e. The molecule has 0 radical (unpaired) electrons. The Morgan fingerprint density at radius 3 is 2.55 bits per heavy atom. The van der Waals surface area contributed by atoms with Crippen LogP contribution in [0, 0.1) is 13.8 Å². The second-order valence-corrected chi connectivity index (χ2v) is 5.67. The van der Waals surface area contributed by atoms with Crippen molar-refractivity contribution in [2.24, 2.45) is 0 Å². The predicted molar refractivity (Wildman–Crippen MR) is 87.7 cm³/mol. The summed E-state index contributed by atoms with van der Waals surface area (Å²) in [6.45, 7) is 4.22. The van der Waals surface area contributed by atoms with Gasteiger partial charge >= 0.3 is 5.63 Å². The van der Waals surface area contributed by atoms with Crippen molar-refractivity contribution in [3.05, 3.63) is 74.6 Å². The lowest BCUT2D eigenvalue weighted by Crippen LogP contribution is -2.01. The normalized spacial score (nSPS) is 10.9. The van der Waals surface area contributed by atoms with E-state index in [0.29, 0.717) is 23.0 Å². The minimum Gasteiger partial charge on any atom is -0.488 e. The standard InChI is InChI=1S/C18H15ClO3/c1-11-9-17(20)22-18-12(2)16(8-7-15(11)18)21-10-13-3-5-14(19)6-4-13/h3-9H,10H2,1-2H3. The molecule has 112 valence electrons. The Hall–Kier alpha value is -2.26. The lowest BCUT2D eigenvalue weighted by atomic mass is 10.1. The average molecular weight is 315 g/mol. The van der Waals surface area contributed by atoms with Gasteiger partial charge in [-0.3, -0.25) is 0 Å². The molecule has 0 saturated carbocycles. The third-order valence-electron chi connectivity index (χ3n) is 3.63. The largest absolute Gasteiger partial charge is 0.488 e. The molecule has 0 aliphatic heterocycles. The smallest absolute Gasteiger partial charge is 0.336 e. The highest BCUT2D eigenvalue weighted by Gasteiger charge is 2.10. The Bertz CT molecular complexity index is 879. The monoisotopic (exact) mass is 314 g/mol. The van der Waals surface area contributed by atoms with E-state index >= 15 is 0 Å². The maximum absolute atomic E-state index is 11.6. The van der Waals surface area contributed by atoms with Gasteiger partial charge in [0.25, 0.3) is 0 Å². The zero-order chi connectivity index (χ0) is 15.7. The first-order chi connectivity index (χ1) is 10.5. The van der Waals surface area contributed by atoms with Crippen molar-refractivity contribution in [2.45, 2.75) is 20.5 Å². The molecular formula is C18H15ClO3. The van der Waals surface area contributed by atoms with Gasteiger partial charge in [0, 0.05) is 22.0 Å². The number of hydrogen-bond acceptors (Lipinski definition) is 3. The number of benzene rings is 2. The molecule has 0 atom stereocenters. The SMILES string of the molecule is Cc1cc(=O)oc2c(C)c(OCc3ccc(Cl)cc3)ccc12. The number of hydrogen-bond donors (Lipinski definition) is 0. The van der Waals surface area contributed by atoms with Crippen LogP contribution < -0.4 is 10.4 Å². The average Bonchev–Trinajstić information content (AvgIpc) is 2.49.